The number of aromatic nitrogens is 4. The van der Waals surface area contributed by atoms with Crippen LogP contribution in [0.15, 0.2) is 23.1 Å². The molecule has 7 heteroatoms. The van der Waals surface area contributed by atoms with Crippen LogP contribution in [0.2, 0.25) is 0 Å². The number of amides is 1. The molecule has 1 amide bonds. The Morgan fingerprint density at radius 2 is 2.20 bits per heavy atom. The highest BCUT2D eigenvalue weighted by molar-refractivity contribution is 6.12. The number of carbonyl (C=O) groups is 1. The molecule has 0 atom stereocenters. The van der Waals surface area contributed by atoms with Crippen molar-refractivity contribution in [3.8, 4) is 11.8 Å². The van der Waals surface area contributed by atoms with Crippen LogP contribution in [0.5, 0.6) is 0 Å². The maximum absolute atomic E-state index is 12.2. The van der Waals surface area contributed by atoms with E-state index in [-0.39, 0.29) is 11.0 Å². The molecule has 25 heavy (non-hydrogen) atoms. The number of fused-ring (bicyclic) bond motifs is 5. The molecule has 4 aromatic rings. The van der Waals surface area contributed by atoms with Gasteiger partial charge in [-0.1, -0.05) is 18.9 Å². The average molecular weight is 333 g/mol. The summed E-state index contributed by atoms with van der Waals surface area (Å²) in [6.07, 6.45) is 2.41. The summed E-state index contributed by atoms with van der Waals surface area (Å²) in [4.78, 5) is 34.9. The van der Waals surface area contributed by atoms with Gasteiger partial charge in [-0.25, -0.2) is 4.98 Å². The van der Waals surface area contributed by atoms with Gasteiger partial charge in [0.15, 0.2) is 5.65 Å². The number of nitrogens with two attached hydrogens (primary N) is 1. The van der Waals surface area contributed by atoms with Crippen molar-refractivity contribution in [3.63, 3.8) is 0 Å². The van der Waals surface area contributed by atoms with Crippen LogP contribution >= 0.6 is 0 Å². The highest BCUT2D eigenvalue weighted by atomic mass is 16.1. The first-order valence-electron chi connectivity index (χ1n) is 7.86. The fourth-order valence-corrected chi connectivity index (χ4v) is 3.09. The molecule has 1 aromatic carbocycles. The van der Waals surface area contributed by atoms with Gasteiger partial charge in [0.05, 0.1) is 11.0 Å². The second-order valence-electron chi connectivity index (χ2n) is 5.79. The third-order valence-electron chi connectivity index (χ3n) is 4.16. The fourth-order valence-electron chi connectivity index (χ4n) is 3.09. The lowest BCUT2D eigenvalue weighted by Crippen LogP contribution is -2.11. The van der Waals surface area contributed by atoms with Gasteiger partial charge in [0.25, 0.3) is 5.91 Å². The number of carbonyl (C=O) groups excluding carboxylic acids is 1. The van der Waals surface area contributed by atoms with E-state index in [1.165, 1.54) is 6.07 Å². The lowest BCUT2D eigenvalue weighted by atomic mass is 10.2. The third-order valence-corrected chi connectivity index (χ3v) is 4.16. The molecule has 0 spiro atoms. The van der Waals surface area contributed by atoms with Gasteiger partial charge < -0.3 is 15.7 Å². The first-order valence-corrected chi connectivity index (χ1v) is 7.86. The number of imidazole rings is 1. The summed E-state index contributed by atoms with van der Waals surface area (Å²) in [7, 11) is 0. The largest absolute Gasteiger partial charge is 0.365 e. The van der Waals surface area contributed by atoms with E-state index in [0.717, 1.165) is 12.0 Å². The van der Waals surface area contributed by atoms with Crippen LogP contribution in [-0.2, 0) is 0 Å². The lowest BCUT2D eigenvalue weighted by molar-refractivity contribution is 0.100. The Bertz CT molecular complexity index is 1290. The molecule has 0 bridgehead atoms. The standard InChI is InChI=1S/C18H15N5O2/c1-3-4-5-10-8-20-14-12(16(19)25)17-22-13-11(24)7-6-9(2)15(13)23(17)18(14)21-10/h6-8,20-21H,3H2,1-2H3,(H2,19,25). The van der Waals surface area contributed by atoms with Crippen LogP contribution < -0.4 is 11.2 Å². The zero-order valence-electron chi connectivity index (χ0n) is 13.7. The molecule has 0 aliphatic heterocycles. The molecule has 4 rings (SSSR count). The van der Waals surface area contributed by atoms with Crippen molar-refractivity contribution in [3.05, 3.63) is 45.4 Å². The number of aromatic amines is 2. The topological polar surface area (TPSA) is 109 Å². The van der Waals surface area contributed by atoms with E-state index in [0.29, 0.717) is 33.5 Å². The Morgan fingerprint density at radius 1 is 1.40 bits per heavy atom. The molecule has 3 aromatic heterocycles. The summed E-state index contributed by atoms with van der Waals surface area (Å²) in [5, 5.41) is 0. The monoisotopic (exact) mass is 333 g/mol. The predicted molar refractivity (Wildman–Crippen MR) is 95.6 cm³/mol. The molecule has 7 nitrogen and oxygen atoms in total. The van der Waals surface area contributed by atoms with Crippen molar-refractivity contribution >= 4 is 33.8 Å². The zero-order chi connectivity index (χ0) is 17.7. The quantitative estimate of drug-likeness (QED) is 0.462. The van der Waals surface area contributed by atoms with E-state index >= 15 is 0 Å². The third kappa shape index (κ3) is 2.04. The molecular formula is C18H15N5O2. The van der Waals surface area contributed by atoms with Crippen LogP contribution in [0.4, 0.5) is 0 Å². The summed E-state index contributed by atoms with van der Waals surface area (Å²) in [5.74, 6) is 5.38. The van der Waals surface area contributed by atoms with Gasteiger partial charge in [0.1, 0.15) is 22.4 Å². The molecule has 0 aliphatic rings. The Balaban J connectivity index is 2.27. The normalized spacial score (nSPS) is 11.1. The number of primary amides is 1. The summed E-state index contributed by atoms with van der Waals surface area (Å²) >= 11 is 0. The number of H-pyrrole nitrogens is 2. The Labute approximate surface area is 141 Å². The molecule has 0 unspecified atom stereocenters. The van der Waals surface area contributed by atoms with Crippen molar-refractivity contribution in [2.45, 2.75) is 20.3 Å². The summed E-state index contributed by atoms with van der Waals surface area (Å²) in [6.45, 7) is 3.85. The minimum Gasteiger partial charge on any atom is -0.365 e. The van der Waals surface area contributed by atoms with Crippen molar-refractivity contribution in [2.24, 2.45) is 5.73 Å². The first-order chi connectivity index (χ1) is 12.0. The first kappa shape index (κ1) is 15.0. The van der Waals surface area contributed by atoms with E-state index in [1.54, 1.807) is 16.7 Å². The molecule has 124 valence electrons. The number of rotatable bonds is 1. The molecule has 0 radical (unpaired) electrons. The van der Waals surface area contributed by atoms with E-state index in [4.69, 9.17) is 5.73 Å². The van der Waals surface area contributed by atoms with E-state index in [1.807, 2.05) is 13.8 Å². The van der Waals surface area contributed by atoms with Crippen LogP contribution in [0.25, 0.3) is 27.8 Å². The molecular weight excluding hydrogens is 318 g/mol. The smallest absolute Gasteiger partial charge is 0.254 e. The van der Waals surface area contributed by atoms with E-state index in [2.05, 4.69) is 26.8 Å². The number of nitrogens with one attached hydrogen (secondary N) is 2. The second-order valence-corrected chi connectivity index (χ2v) is 5.79. The highest BCUT2D eigenvalue weighted by Crippen LogP contribution is 2.28. The molecule has 3 heterocycles. The molecule has 0 saturated heterocycles. The predicted octanol–water partition coefficient (Wildman–Crippen LogP) is 1.83. The second kappa shape index (κ2) is 5.24. The van der Waals surface area contributed by atoms with Crippen molar-refractivity contribution in [2.75, 3.05) is 0 Å². The van der Waals surface area contributed by atoms with Gasteiger partial charge in [0.2, 0.25) is 5.43 Å². The summed E-state index contributed by atoms with van der Waals surface area (Å²) < 4.78 is 1.76. The maximum atomic E-state index is 12.2. The molecule has 0 saturated carbocycles. The van der Waals surface area contributed by atoms with Gasteiger partial charge in [0, 0.05) is 12.6 Å². The van der Waals surface area contributed by atoms with Gasteiger partial charge in [-0.2, -0.15) is 0 Å². The van der Waals surface area contributed by atoms with Gasteiger partial charge in [-0.3, -0.25) is 14.0 Å². The Morgan fingerprint density at radius 3 is 2.92 bits per heavy atom. The minimum atomic E-state index is -0.613. The summed E-state index contributed by atoms with van der Waals surface area (Å²) in [5.41, 5.74) is 9.64. The van der Waals surface area contributed by atoms with Crippen LogP contribution in [-0.4, -0.2) is 25.3 Å². The maximum Gasteiger partial charge on any atom is 0.254 e. The lowest BCUT2D eigenvalue weighted by Gasteiger charge is -2.00. The van der Waals surface area contributed by atoms with Gasteiger partial charge in [-0.05, 0) is 24.5 Å². The molecule has 4 N–H and O–H groups in total. The SMILES string of the molecule is CCC#Cc1c[nH]c2c(C(N)=O)c3nc4c(=O)ccc(C)c4n3c2[nH]1. The van der Waals surface area contributed by atoms with Gasteiger partial charge in [-0.15, -0.1) is 0 Å². The van der Waals surface area contributed by atoms with Crippen molar-refractivity contribution < 1.29 is 4.79 Å². The Hall–Kier alpha value is -3.53. The van der Waals surface area contributed by atoms with Crippen LogP contribution in [0.3, 0.4) is 0 Å². The number of aryl methyl sites for hydroxylation is 1. The minimum absolute atomic E-state index is 0.196. The van der Waals surface area contributed by atoms with E-state index < -0.39 is 5.91 Å². The van der Waals surface area contributed by atoms with E-state index in [9.17, 15) is 9.59 Å². The zero-order valence-corrected chi connectivity index (χ0v) is 13.7. The number of hydrogen-bond acceptors (Lipinski definition) is 3. The van der Waals surface area contributed by atoms with Crippen LogP contribution in [0.1, 0.15) is 35.0 Å². The Kier molecular flexibility index (Phi) is 3.15. The highest BCUT2D eigenvalue weighted by Gasteiger charge is 2.23. The molecule has 0 aliphatic carbocycles. The molecule has 0 fully saturated rings. The number of nitrogens with zero attached hydrogens (tertiary/aromatic N) is 2. The van der Waals surface area contributed by atoms with Gasteiger partial charge >= 0.3 is 0 Å². The number of benzene rings is 1. The van der Waals surface area contributed by atoms with Crippen molar-refractivity contribution in [1.82, 2.24) is 19.4 Å². The number of hydrogen-bond donors (Lipinski definition) is 3. The van der Waals surface area contributed by atoms with Crippen molar-refractivity contribution in [1.29, 1.82) is 0 Å². The van der Waals surface area contributed by atoms with Crippen LogP contribution in [0, 0.1) is 18.8 Å². The fraction of sp³-hybridized carbons (Fsp3) is 0.167. The average Bonchev–Trinajstić information content (AvgIpc) is 3.11. The summed E-state index contributed by atoms with van der Waals surface area (Å²) in [6, 6.07) is 3.22.